The molecular weight excluding hydrogens is 248 g/mol. The summed E-state index contributed by atoms with van der Waals surface area (Å²) in [5.74, 6) is -0.837. The van der Waals surface area contributed by atoms with Crippen molar-refractivity contribution in [3.63, 3.8) is 0 Å². The minimum absolute atomic E-state index is 0.0122. The van der Waals surface area contributed by atoms with Crippen molar-refractivity contribution in [3.8, 4) is 0 Å². The van der Waals surface area contributed by atoms with Gasteiger partial charge in [-0.25, -0.2) is 4.89 Å². The zero-order valence-corrected chi connectivity index (χ0v) is 11.6. The minimum Gasteiger partial charge on any atom is -0.364 e. The maximum atomic E-state index is 9.36. The first-order chi connectivity index (χ1) is 9.31. The fourth-order valence-electron chi connectivity index (χ4n) is 2.70. The van der Waals surface area contributed by atoms with E-state index in [-0.39, 0.29) is 6.61 Å². The van der Waals surface area contributed by atoms with Crippen molar-refractivity contribution in [2.24, 2.45) is 0 Å². The average molecular weight is 274 g/mol. The first kappa shape index (κ1) is 15.2. The second-order valence-electron chi connectivity index (χ2n) is 5.59. The predicted octanol–water partition coefficient (Wildman–Crippen LogP) is 3.22. The molecule has 1 spiro atoms. The Balaban J connectivity index is 1.89. The normalized spacial score (nSPS) is 31.1. The van der Waals surface area contributed by atoms with E-state index in [2.05, 4.69) is 0 Å². The Morgan fingerprint density at radius 2 is 1.26 bits per heavy atom. The lowest BCUT2D eigenvalue weighted by molar-refractivity contribution is -0.493. The summed E-state index contributed by atoms with van der Waals surface area (Å²) in [7, 11) is 0. The van der Waals surface area contributed by atoms with E-state index in [1.807, 2.05) is 0 Å². The van der Waals surface area contributed by atoms with Crippen LogP contribution in [-0.2, 0) is 19.6 Å². The van der Waals surface area contributed by atoms with Crippen LogP contribution in [0.3, 0.4) is 0 Å². The number of rotatable bonds is 0. The van der Waals surface area contributed by atoms with Gasteiger partial charge in [0.15, 0.2) is 0 Å². The molecule has 112 valence electrons. The molecule has 5 heteroatoms. The van der Waals surface area contributed by atoms with Crippen LogP contribution in [0.2, 0.25) is 0 Å². The molecule has 0 amide bonds. The fourth-order valence-corrected chi connectivity index (χ4v) is 2.70. The smallest absolute Gasteiger partial charge is 0.234 e. The maximum Gasteiger partial charge on any atom is 0.234 e. The van der Waals surface area contributed by atoms with Crippen LogP contribution in [0, 0.1) is 0 Å². The molecule has 1 saturated carbocycles. The van der Waals surface area contributed by atoms with Crippen LogP contribution in [0.25, 0.3) is 0 Å². The topological polar surface area (TPSA) is 57.2 Å². The van der Waals surface area contributed by atoms with Gasteiger partial charge in [-0.1, -0.05) is 44.9 Å². The molecule has 5 nitrogen and oxygen atoms in total. The maximum absolute atomic E-state index is 9.36. The van der Waals surface area contributed by atoms with Crippen LogP contribution in [0.4, 0.5) is 0 Å². The van der Waals surface area contributed by atoms with Crippen molar-refractivity contribution in [2.75, 3.05) is 6.61 Å². The lowest BCUT2D eigenvalue weighted by Gasteiger charge is -2.28. The fraction of sp³-hybridized carbons (Fsp3) is 1.00. The number of hydrogen-bond donors (Lipinski definition) is 1. The van der Waals surface area contributed by atoms with Crippen molar-refractivity contribution in [1.82, 2.24) is 0 Å². The molecule has 0 aromatic rings. The molecule has 0 bridgehead atoms. The molecule has 2 fully saturated rings. The second-order valence-corrected chi connectivity index (χ2v) is 5.59. The highest BCUT2D eigenvalue weighted by molar-refractivity contribution is 4.69. The Hall–Kier alpha value is -0.200. The summed E-state index contributed by atoms with van der Waals surface area (Å²) in [5.41, 5.74) is 0. The van der Waals surface area contributed by atoms with Crippen LogP contribution in [-0.4, -0.2) is 23.8 Å². The highest BCUT2D eigenvalue weighted by atomic mass is 17.3. The first-order valence-corrected chi connectivity index (χ1v) is 7.64. The molecule has 0 aromatic carbocycles. The molecule has 0 aromatic heterocycles. The molecule has 1 aliphatic carbocycles. The standard InChI is InChI=1S/C14H26O5/c15-13-12-16-18-14(19-17-13)10-8-6-4-2-1-3-5-7-9-11-14/h13,15H,1-12H2. The highest BCUT2D eigenvalue weighted by Gasteiger charge is 2.38. The summed E-state index contributed by atoms with van der Waals surface area (Å²) in [6, 6.07) is 0. The molecule has 1 saturated heterocycles. The molecule has 2 aliphatic rings. The molecule has 0 radical (unpaired) electrons. The van der Waals surface area contributed by atoms with E-state index in [1.165, 1.54) is 44.9 Å². The summed E-state index contributed by atoms with van der Waals surface area (Å²) >= 11 is 0. The SMILES string of the molecule is OC1COOC2(CCCCCCCCCCC2)OO1. The van der Waals surface area contributed by atoms with Crippen LogP contribution >= 0.6 is 0 Å². The van der Waals surface area contributed by atoms with Gasteiger partial charge in [-0.3, -0.25) is 0 Å². The van der Waals surface area contributed by atoms with Gasteiger partial charge in [-0.2, -0.15) is 14.7 Å². The molecule has 1 N–H and O–H groups in total. The van der Waals surface area contributed by atoms with Crippen LogP contribution in [0.5, 0.6) is 0 Å². The second kappa shape index (κ2) is 8.17. The van der Waals surface area contributed by atoms with E-state index >= 15 is 0 Å². The van der Waals surface area contributed by atoms with Crippen LogP contribution < -0.4 is 0 Å². The Bertz CT molecular complexity index is 234. The van der Waals surface area contributed by atoms with Gasteiger partial charge in [0, 0.05) is 12.8 Å². The zero-order valence-electron chi connectivity index (χ0n) is 11.6. The van der Waals surface area contributed by atoms with E-state index in [1.54, 1.807) is 0 Å². The van der Waals surface area contributed by atoms with Gasteiger partial charge in [0.05, 0.1) is 0 Å². The third kappa shape index (κ3) is 5.36. The molecule has 1 atom stereocenters. The van der Waals surface area contributed by atoms with E-state index in [9.17, 15) is 5.11 Å². The quantitative estimate of drug-likeness (QED) is 0.687. The van der Waals surface area contributed by atoms with Gasteiger partial charge in [-0.05, 0) is 12.8 Å². The average Bonchev–Trinajstić information content (AvgIpc) is 2.57. The summed E-state index contributed by atoms with van der Waals surface area (Å²) in [5, 5.41) is 9.36. The lowest BCUT2D eigenvalue weighted by Crippen LogP contribution is -2.35. The lowest BCUT2D eigenvalue weighted by atomic mass is 9.97. The summed E-state index contributed by atoms with van der Waals surface area (Å²) < 4.78 is 0. The molecule has 1 aliphatic heterocycles. The van der Waals surface area contributed by atoms with Gasteiger partial charge in [-0.15, -0.1) is 0 Å². The summed E-state index contributed by atoms with van der Waals surface area (Å²) in [6.07, 6.45) is 11.4. The Labute approximate surface area is 115 Å². The van der Waals surface area contributed by atoms with Gasteiger partial charge >= 0.3 is 0 Å². The number of aliphatic hydroxyl groups is 1. The number of hydrogen-bond acceptors (Lipinski definition) is 5. The summed E-state index contributed by atoms with van der Waals surface area (Å²) in [6.45, 7) is -0.0122. The molecular formula is C14H26O5. The molecule has 1 unspecified atom stereocenters. The van der Waals surface area contributed by atoms with E-state index in [0.29, 0.717) is 0 Å². The van der Waals surface area contributed by atoms with Crippen molar-refractivity contribution < 1.29 is 24.7 Å². The van der Waals surface area contributed by atoms with Crippen molar-refractivity contribution in [3.05, 3.63) is 0 Å². The zero-order chi connectivity index (χ0) is 13.4. The number of aliphatic hydroxyl groups excluding tert-OH is 1. The monoisotopic (exact) mass is 274 g/mol. The Morgan fingerprint density at radius 1 is 0.737 bits per heavy atom. The highest BCUT2D eigenvalue weighted by Crippen LogP contribution is 2.31. The largest absolute Gasteiger partial charge is 0.364 e. The Morgan fingerprint density at radius 3 is 1.84 bits per heavy atom. The van der Waals surface area contributed by atoms with Crippen LogP contribution in [0.1, 0.15) is 70.6 Å². The van der Waals surface area contributed by atoms with Crippen molar-refractivity contribution >= 4 is 0 Å². The molecule has 19 heavy (non-hydrogen) atoms. The molecule has 1 heterocycles. The predicted molar refractivity (Wildman–Crippen MR) is 68.7 cm³/mol. The van der Waals surface area contributed by atoms with E-state index in [0.717, 1.165) is 25.7 Å². The third-order valence-corrected chi connectivity index (χ3v) is 3.85. The van der Waals surface area contributed by atoms with Gasteiger partial charge in [0.2, 0.25) is 12.1 Å². The van der Waals surface area contributed by atoms with E-state index in [4.69, 9.17) is 19.6 Å². The third-order valence-electron chi connectivity index (χ3n) is 3.85. The van der Waals surface area contributed by atoms with Gasteiger partial charge < -0.3 is 5.11 Å². The van der Waals surface area contributed by atoms with Crippen molar-refractivity contribution in [2.45, 2.75) is 82.7 Å². The van der Waals surface area contributed by atoms with Gasteiger partial charge in [0.1, 0.15) is 6.61 Å². The van der Waals surface area contributed by atoms with Gasteiger partial charge in [0.25, 0.3) is 0 Å². The Kier molecular flexibility index (Phi) is 6.53. The van der Waals surface area contributed by atoms with Crippen LogP contribution in [0.15, 0.2) is 0 Å². The minimum atomic E-state index is -1.07. The van der Waals surface area contributed by atoms with Crippen molar-refractivity contribution in [1.29, 1.82) is 0 Å². The van der Waals surface area contributed by atoms with E-state index < -0.39 is 12.1 Å². The molecule has 2 rings (SSSR count). The first-order valence-electron chi connectivity index (χ1n) is 7.64. The summed E-state index contributed by atoms with van der Waals surface area (Å²) in [4.78, 5) is 20.7.